The molecule has 0 aliphatic carbocycles. The fraction of sp³-hybridized carbons (Fsp3) is 0.952. The molecule has 19 atom stereocenters. The first-order valence-electron chi connectivity index (χ1n) is 21.2. The molecule has 340 valence electrons. The minimum Gasteiger partial charge on any atom is -0.481 e. The van der Waals surface area contributed by atoms with Gasteiger partial charge in [0.1, 0.15) is 23.9 Å². The van der Waals surface area contributed by atoms with Crippen molar-refractivity contribution in [2.24, 2.45) is 17.8 Å². The van der Waals surface area contributed by atoms with Crippen molar-refractivity contribution < 1.29 is 68.6 Å². The Morgan fingerprint density at radius 3 is 2.19 bits per heavy atom. The van der Waals surface area contributed by atoms with E-state index in [0.717, 1.165) is 0 Å². The summed E-state index contributed by atoms with van der Waals surface area (Å²) >= 11 is 0. The summed E-state index contributed by atoms with van der Waals surface area (Å²) < 4.78 is 38.3. The molecule has 58 heavy (non-hydrogen) atoms. The first-order chi connectivity index (χ1) is 26.7. The lowest BCUT2D eigenvalue weighted by atomic mass is 9.77. The van der Waals surface area contributed by atoms with Crippen LogP contribution in [0.15, 0.2) is 0 Å². The Morgan fingerprint density at radius 1 is 1.00 bits per heavy atom. The summed E-state index contributed by atoms with van der Waals surface area (Å²) in [5.41, 5.74) is -4.52. The molecule has 16 heteroatoms. The van der Waals surface area contributed by atoms with Gasteiger partial charge in [-0.2, -0.15) is 0 Å². The number of carbonyl (C=O) groups is 2. The molecule has 1 amide bonds. The van der Waals surface area contributed by atoms with Crippen LogP contribution in [-0.2, 0) is 38.0 Å². The van der Waals surface area contributed by atoms with Gasteiger partial charge < -0.3 is 64.0 Å². The van der Waals surface area contributed by atoms with E-state index in [4.69, 9.17) is 28.4 Å². The SMILES string of the molecule is CCC1OCC(C)C(OC2CC(C)(OC)C(O)C(C)O2)C(C)C(OC2OC(C)CC(N(C)C(C)CCC(=O)O)C2O)C(C)(O)CC(C)C(=O)N(C)C(C)C(O)C1(C)O. The van der Waals surface area contributed by atoms with E-state index in [0.29, 0.717) is 19.3 Å². The number of hydrogen-bond donors (Lipinski definition) is 6. The first-order valence-corrected chi connectivity index (χ1v) is 21.2. The van der Waals surface area contributed by atoms with Crippen molar-refractivity contribution >= 4 is 11.9 Å². The Kier molecular flexibility index (Phi) is 18.0. The van der Waals surface area contributed by atoms with E-state index in [1.807, 2.05) is 46.6 Å². The molecular formula is C42H78N2O14. The van der Waals surface area contributed by atoms with Crippen LogP contribution in [-0.4, -0.2) is 176 Å². The van der Waals surface area contributed by atoms with Gasteiger partial charge in [-0.3, -0.25) is 14.5 Å². The van der Waals surface area contributed by atoms with Crippen molar-refractivity contribution in [3.05, 3.63) is 0 Å². The lowest BCUT2D eigenvalue weighted by molar-refractivity contribution is -0.320. The van der Waals surface area contributed by atoms with Crippen LogP contribution in [0.3, 0.4) is 0 Å². The summed E-state index contributed by atoms with van der Waals surface area (Å²) in [6.07, 6.45) is -8.30. The number of rotatable bonds is 11. The molecule has 3 aliphatic rings. The molecule has 0 spiro atoms. The Morgan fingerprint density at radius 2 is 1.62 bits per heavy atom. The molecule has 0 saturated carbocycles. The van der Waals surface area contributed by atoms with Gasteiger partial charge in [-0.1, -0.05) is 27.7 Å². The van der Waals surface area contributed by atoms with E-state index in [1.165, 1.54) is 18.9 Å². The molecule has 0 aromatic heterocycles. The lowest BCUT2D eigenvalue weighted by Crippen LogP contribution is -2.61. The van der Waals surface area contributed by atoms with Gasteiger partial charge in [-0.15, -0.1) is 0 Å². The van der Waals surface area contributed by atoms with Gasteiger partial charge in [-0.25, -0.2) is 0 Å². The van der Waals surface area contributed by atoms with Gasteiger partial charge in [0, 0.05) is 56.8 Å². The quantitative estimate of drug-likeness (QED) is 0.176. The number of nitrogens with zero attached hydrogens (tertiary/aromatic N) is 2. The maximum atomic E-state index is 14.0. The third-order valence-corrected chi connectivity index (χ3v) is 13.6. The number of likely N-dealkylation sites (N-methyl/N-ethyl adjacent to an activating group) is 2. The van der Waals surface area contributed by atoms with Crippen LogP contribution in [0.4, 0.5) is 0 Å². The fourth-order valence-corrected chi connectivity index (χ4v) is 9.43. The molecule has 0 bridgehead atoms. The van der Waals surface area contributed by atoms with Crippen LogP contribution < -0.4 is 0 Å². The molecule has 0 aromatic carbocycles. The standard InChI is InChI=1S/C42H78N2O14/c1-15-30-42(11,52)35(48)27(7)44(13)38(50)22(2)19-40(9,51)37(58-39-33(47)29(18-25(5)55-39)43(12)24(4)16-17-31(45)46)26(6)34(23(3)21-54-30)57-32-20-41(10,53-14)36(49)28(8)56-32/h22-30,32-37,39,47-49,51-52H,15-21H2,1-14H3,(H,45,46). The molecular weight excluding hydrogens is 756 g/mol. The summed E-state index contributed by atoms with van der Waals surface area (Å²) in [5.74, 6) is -3.25. The monoisotopic (exact) mass is 835 g/mol. The first kappa shape index (κ1) is 50.8. The summed E-state index contributed by atoms with van der Waals surface area (Å²) in [7, 11) is 4.91. The van der Waals surface area contributed by atoms with Gasteiger partial charge in [0.25, 0.3) is 0 Å². The summed E-state index contributed by atoms with van der Waals surface area (Å²) in [6.45, 7) is 19.3. The topological polar surface area (TPSA) is 217 Å². The van der Waals surface area contributed by atoms with Crippen molar-refractivity contribution in [3.8, 4) is 0 Å². The normalized spacial score (nSPS) is 46.0. The van der Waals surface area contributed by atoms with E-state index in [-0.39, 0.29) is 43.9 Å². The van der Waals surface area contributed by atoms with Gasteiger partial charge in [0.05, 0.1) is 54.4 Å². The van der Waals surface area contributed by atoms with Gasteiger partial charge in [0.15, 0.2) is 12.6 Å². The van der Waals surface area contributed by atoms with Gasteiger partial charge in [-0.05, 0) is 81.2 Å². The van der Waals surface area contributed by atoms with Crippen molar-refractivity contribution in [2.75, 3.05) is 27.8 Å². The largest absolute Gasteiger partial charge is 0.481 e. The van der Waals surface area contributed by atoms with Crippen molar-refractivity contribution in [3.63, 3.8) is 0 Å². The second kappa shape index (κ2) is 20.6. The third-order valence-electron chi connectivity index (χ3n) is 13.6. The van der Waals surface area contributed by atoms with Crippen LogP contribution in [0.2, 0.25) is 0 Å². The highest BCUT2D eigenvalue weighted by Gasteiger charge is 2.52. The third kappa shape index (κ3) is 11.7. The van der Waals surface area contributed by atoms with Gasteiger partial charge >= 0.3 is 5.97 Å². The van der Waals surface area contributed by atoms with E-state index < -0.39 is 108 Å². The number of carboxylic acids is 1. The highest BCUT2D eigenvalue weighted by molar-refractivity contribution is 5.78. The smallest absolute Gasteiger partial charge is 0.303 e. The molecule has 0 aromatic rings. The lowest BCUT2D eigenvalue weighted by Gasteiger charge is -2.49. The predicted molar refractivity (Wildman–Crippen MR) is 215 cm³/mol. The van der Waals surface area contributed by atoms with Crippen LogP contribution in [0, 0.1) is 17.8 Å². The van der Waals surface area contributed by atoms with E-state index in [9.17, 15) is 40.2 Å². The van der Waals surface area contributed by atoms with Crippen molar-refractivity contribution in [1.29, 1.82) is 0 Å². The molecule has 3 saturated heterocycles. The number of aliphatic hydroxyl groups excluding tert-OH is 3. The predicted octanol–water partition coefficient (Wildman–Crippen LogP) is 2.52. The Hall–Kier alpha value is -1.54. The summed E-state index contributed by atoms with van der Waals surface area (Å²) in [5, 5.41) is 68.2. The molecule has 3 rings (SSSR count). The fourth-order valence-electron chi connectivity index (χ4n) is 9.43. The second-order valence-electron chi connectivity index (χ2n) is 18.5. The van der Waals surface area contributed by atoms with E-state index in [1.54, 1.807) is 41.7 Å². The van der Waals surface area contributed by atoms with Crippen LogP contribution in [0.5, 0.6) is 0 Å². The molecule has 0 radical (unpaired) electrons. The number of amides is 1. The van der Waals surface area contributed by atoms with Crippen molar-refractivity contribution in [2.45, 2.75) is 211 Å². The number of carbonyl (C=O) groups excluding carboxylic acids is 1. The summed E-state index contributed by atoms with van der Waals surface area (Å²) in [6, 6.07) is -1.49. The summed E-state index contributed by atoms with van der Waals surface area (Å²) in [4.78, 5) is 28.7. The van der Waals surface area contributed by atoms with Crippen LogP contribution in [0.25, 0.3) is 0 Å². The molecule has 3 heterocycles. The minimum absolute atomic E-state index is 0.0294. The van der Waals surface area contributed by atoms with E-state index >= 15 is 0 Å². The average molecular weight is 835 g/mol. The van der Waals surface area contributed by atoms with E-state index in [2.05, 4.69) is 0 Å². The van der Waals surface area contributed by atoms with Gasteiger partial charge in [0.2, 0.25) is 5.91 Å². The molecule has 3 fully saturated rings. The highest BCUT2D eigenvalue weighted by atomic mass is 16.7. The second-order valence-corrected chi connectivity index (χ2v) is 18.5. The Balaban J connectivity index is 2.16. The zero-order valence-corrected chi connectivity index (χ0v) is 37.5. The maximum Gasteiger partial charge on any atom is 0.303 e. The number of ether oxygens (including phenoxy) is 6. The zero-order chi connectivity index (χ0) is 44.2. The molecule has 16 nitrogen and oxygen atoms in total. The Bertz CT molecular complexity index is 1320. The maximum absolute atomic E-state index is 14.0. The number of aliphatic carboxylic acids is 1. The number of aliphatic hydroxyl groups is 5. The number of hydrogen-bond acceptors (Lipinski definition) is 14. The molecule has 3 aliphatic heterocycles. The van der Waals surface area contributed by atoms with Crippen LogP contribution in [0.1, 0.15) is 115 Å². The number of methoxy groups -OCH3 is 1. The zero-order valence-electron chi connectivity index (χ0n) is 37.5. The molecule has 19 unspecified atom stereocenters. The minimum atomic E-state index is -1.76. The van der Waals surface area contributed by atoms with Crippen molar-refractivity contribution in [1.82, 2.24) is 9.80 Å². The molecule has 6 N–H and O–H groups in total. The van der Waals surface area contributed by atoms with Crippen LogP contribution >= 0.6 is 0 Å². The average Bonchev–Trinajstić information content (AvgIpc) is 3.15. The number of carboxylic acid groups (broad SMARTS) is 1. The Labute approximate surface area is 346 Å². The highest BCUT2D eigenvalue weighted by Crippen LogP contribution is 2.40.